The summed E-state index contributed by atoms with van der Waals surface area (Å²) in [4.78, 5) is 13.7. The number of unbranched alkanes of at least 4 members (excludes halogenated alkanes) is 1. The summed E-state index contributed by atoms with van der Waals surface area (Å²) in [6.07, 6.45) is 4.34. The SMILES string of the molecule is CCCCC(=O)NCCNc1cc(N2CCOCC2)cnn1. The molecule has 1 amide bonds. The van der Waals surface area contributed by atoms with Crippen LogP contribution in [0.5, 0.6) is 0 Å². The third-order valence-corrected chi connectivity index (χ3v) is 3.53. The first-order chi connectivity index (χ1) is 10.8. The van der Waals surface area contributed by atoms with Gasteiger partial charge in [0.05, 0.1) is 25.1 Å². The van der Waals surface area contributed by atoms with Crippen LogP contribution in [0.1, 0.15) is 26.2 Å². The van der Waals surface area contributed by atoms with E-state index in [4.69, 9.17) is 4.74 Å². The molecule has 0 aliphatic carbocycles. The van der Waals surface area contributed by atoms with E-state index in [1.807, 2.05) is 6.07 Å². The molecule has 1 aliphatic heterocycles. The molecule has 1 saturated heterocycles. The van der Waals surface area contributed by atoms with Gasteiger partial charge < -0.3 is 20.3 Å². The summed E-state index contributed by atoms with van der Waals surface area (Å²) in [5.74, 6) is 0.837. The molecular formula is C15H25N5O2. The Kier molecular flexibility index (Phi) is 6.89. The van der Waals surface area contributed by atoms with Gasteiger partial charge in [0.25, 0.3) is 0 Å². The molecule has 122 valence electrons. The van der Waals surface area contributed by atoms with Crippen LogP contribution in [0.25, 0.3) is 0 Å². The van der Waals surface area contributed by atoms with Crippen molar-refractivity contribution >= 4 is 17.4 Å². The van der Waals surface area contributed by atoms with Crippen LogP contribution in [0.2, 0.25) is 0 Å². The molecule has 1 aromatic rings. The fourth-order valence-electron chi connectivity index (χ4n) is 2.26. The average Bonchev–Trinajstić information content (AvgIpc) is 2.58. The Balaban J connectivity index is 1.72. The minimum absolute atomic E-state index is 0.108. The molecule has 2 rings (SSSR count). The van der Waals surface area contributed by atoms with E-state index in [-0.39, 0.29) is 5.91 Å². The van der Waals surface area contributed by atoms with Gasteiger partial charge in [-0.2, -0.15) is 5.10 Å². The van der Waals surface area contributed by atoms with Gasteiger partial charge in [-0.25, -0.2) is 0 Å². The molecule has 2 heterocycles. The number of ether oxygens (including phenoxy) is 1. The van der Waals surface area contributed by atoms with Crippen LogP contribution in [0.15, 0.2) is 12.3 Å². The van der Waals surface area contributed by atoms with Crippen LogP contribution < -0.4 is 15.5 Å². The highest BCUT2D eigenvalue weighted by Crippen LogP contribution is 2.16. The molecule has 2 N–H and O–H groups in total. The van der Waals surface area contributed by atoms with E-state index in [0.29, 0.717) is 19.5 Å². The summed E-state index contributed by atoms with van der Waals surface area (Å²) in [7, 11) is 0. The zero-order chi connectivity index (χ0) is 15.6. The lowest BCUT2D eigenvalue weighted by Crippen LogP contribution is -2.36. The van der Waals surface area contributed by atoms with E-state index < -0.39 is 0 Å². The van der Waals surface area contributed by atoms with Crippen molar-refractivity contribution in [3.63, 3.8) is 0 Å². The Hall–Kier alpha value is -1.89. The lowest BCUT2D eigenvalue weighted by atomic mass is 10.2. The Labute approximate surface area is 131 Å². The summed E-state index contributed by atoms with van der Waals surface area (Å²) in [5.41, 5.74) is 1.05. The molecule has 0 unspecified atom stereocenters. The van der Waals surface area contributed by atoms with E-state index >= 15 is 0 Å². The molecule has 1 fully saturated rings. The maximum Gasteiger partial charge on any atom is 0.220 e. The van der Waals surface area contributed by atoms with Gasteiger partial charge in [0.15, 0.2) is 5.82 Å². The monoisotopic (exact) mass is 307 g/mol. The number of nitrogens with zero attached hydrogens (tertiary/aromatic N) is 3. The van der Waals surface area contributed by atoms with Gasteiger partial charge in [-0.15, -0.1) is 5.10 Å². The van der Waals surface area contributed by atoms with Crippen molar-refractivity contribution < 1.29 is 9.53 Å². The number of amides is 1. The number of morpholine rings is 1. The number of aromatic nitrogens is 2. The second-order valence-corrected chi connectivity index (χ2v) is 5.28. The summed E-state index contributed by atoms with van der Waals surface area (Å²) < 4.78 is 5.35. The zero-order valence-corrected chi connectivity index (χ0v) is 13.2. The molecule has 0 bridgehead atoms. The largest absolute Gasteiger partial charge is 0.378 e. The summed E-state index contributed by atoms with van der Waals surface area (Å²) in [5, 5.41) is 14.2. The molecule has 1 aromatic heterocycles. The molecule has 22 heavy (non-hydrogen) atoms. The lowest BCUT2D eigenvalue weighted by Gasteiger charge is -2.28. The minimum Gasteiger partial charge on any atom is -0.378 e. The highest BCUT2D eigenvalue weighted by molar-refractivity contribution is 5.75. The van der Waals surface area contributed by atoms with Crippen LogP contribution in [0, 0.1) is 0 Å². The first-order valence-electron chi connectivity index (χ1n) is 7.95. The predicted molar refractivity (Wildman–Crippen MR) is 86.1 cm³/mol. The second-order valence-electron chi connectivity index (χ2n) is 5.28. The smallest absolute Gasteiger partial charge is 0.220 e. The molecule has 0 atom stereocenters. The molecule has 0 radical (unpaired) electrons. The number of hydrogen-bond acceptors (Lipinski definition) is 6. The van der Waals surface area contributed by atoms with Crippen molar-refractivity contribution in [3.05, 3.63) is 12.3 Å². The number of rotatable bonds is 8. The quantitative estimate of drug-likeness (QED) is 0.698. The van der Waals surface area contributed by atoms with E-state index in [1.165, 1.54) is 0 Å². The predicted octanol–water partition coefficient (Wildman–Crippen LogP) is 1.03. The standard InChI is InChI=1S/C15H25N5O2/c1-2-3-4-15(21)17-6-5-16-14-11-13(12-18-19-14)20-7-9-22-10-8-20/h11-12H,2-10H2,1H3,(H,16,19)(H,17,21). The Morgan fingerprint density at radius 2 is 2.18 bits per heavy atom. The van der Waals surface area contributed by atoms with E-state index in [1.54, 1.807) is 6.20 Å². The fourth-order valence-corrected chi connectivity index (χ4v) is 2.26. The topological polar surface area (TPSA) is 79.4 Å². The van der Waals surface area contributed by atoms with E-state index in [0.717, 1.165) is 50.7 Å². The van der Waals surface area contributed by atoms with Crippen LogP contribution >= 0.6 is 0 Å². The van der Waals surface area contributed by atoms with Gasteiger partial charge >= 0.3 is 0 Å². The third kappa shape index (κ3) is 5.48. The second kappa shape index (κ2) is 9.19. The Morgan fingerprint density at radius 1 is 1.36 bits per heavy atom. The van der Waals surface area contributed by atoms with Gasteiger partial charge in [0.1, 0.15) is 0 Å². The van der Waals surface area contributed by atoms with Gasteiger partial charge in [-0.05, 0) is 6.42 Å². The first kappa shape index (κ1) is 16.5. The molecular weight excluding hydrogens is 282 g/mol. The van der Waals surface area contributed by atoms with Crippen LogP contribution in [0.4, 0.5) is 11.5 Å². The maximum absolute atomic E-state index is 11.5. The number of hydrogen-bond donors (Lipinski definition) is 2. The van der Waals surface area contributed by atoms with Crippen molar-refractivity contribution in [3.8, 4) is 0 Å². The van der Waals surface area contributed by atoms with E-state index in [2.05, 4.69) is 32.7 Å². The first-order valence-corrected chi connectivity index (χ1v) is 7.95. The lowest BCUT2D eigenvalue weighted by molar-refractivity contribution is -0.121. The van der Waals surface area contributed by atoms with Gasteiger partial charge in [-0.1, -0.05) is 13.3 Å². The minimum atomic E-state index is 0.108. The van der Waals surface area contributed by atoms with Crippen molar-refractivity contribution in [1.82, 2.24) is 15.5 Å². The van der Waals surface area contributed by atoms with Crippen molar-refractivity contribution in [1.29, 1.82) is 0 Å². The zero-order valence-electron chi connectivity index (χ0n) is 13.2. The fraction of sp³-hybridized carbons (Fsp3) is 0.667. The Morgan fingerprint density at radius 3 is 2.95 bits per heavy atom. The van der Waals surface area contributed by atoms with Crippen LogP contribution in [0.3, 0.4) is 0 Å². The molecule has 0 saturated carbocycles. The van der Waals surface area contributed by atoms with Gasteiger partial charge in [0.2, 0.25) is 5.91 Å². The maximum atomic E-state index is 11.5. The summed E-state index contributed by atoms with van der Waals surface area (Å²) >= 11 is 0. The number of nitrogens with one attached hydrogen (secondary N) is 2. The van der Waals surface area contributed by atoms with Crippen molar-refractivity contribution in [2.45, 2.75) is 26.2 Å². The number of anilines is 2. The third-order valence-electron chi connectivity index (χ3n) is 3.53. The van der Waals surface area contributed by atoms with Gasteiger partial charge in [0, 0.05) is 38.7 Å². The highest BCUT2D eigenvalue weighted by atomic mass is 16.5. The normalized spacial score (nSPS) is 14.7. The summed E-state index contributed by atoms with van der Waals surface area (Å²) in [6.45, 7) is 6.54. The molecule has 7 nitrogen and oxygen atoms in total. The van der Waals surface area contributed by atoms with Crippen LogP contribution in [-0.2, 0) is 9.53 Å². The van der Waals surface area contributed by atoms with Crippen molar-refractivity contribution in [2.75, 3.05) is 49.6 Å². The molecule has 0 aromatic carbocycles. The number of carbonyl (C=O) groups excluding carboxylic acids is 1. The molecule has 1 aliphatic rings. The summed E-state index contributed by atoms with van der Waals surface area (Å²) in [6, 6.07) is 1.98. The van der Waals surface area contributed by atoms with Crippen LogP contribution in [-0.4, -0.2) is 55.5 Å². The Bertz CT molecular complexity index is 463. The number of carbonyl (C=O) groups is 1. The molecule has 0 spiro atoms. The average molecular weight is 307 g/mol. The van der Waals surface area contributed by atoms with E-state index in [9.17, 15) is 4.79 Å². The van der Waals surface area contributed by atoms with Crippen molar-refractivity contribution in [2.24, 2.45) is 0 Å². The molecule has 7 heteroatoms. The highest BCUT2D eigenvalue weighted by Gasteiger charge is 2.12. The van der Waals surface area contributed by atoms with Gasteiger partial charge in [-0.3, -0.25) is 4.79 Å².